The molecule has 0 radical (unpaired) electrons. The number of hydrogen-bond acceptors (Lipinski definition) is 8. The van der Waals surface area contributed by atoms with Crippen LogP contribution in [0.15, 0.2) is 40.1 Å². The third-order valence-corrected chi connectivity index (χ3v) is 3.49. The number of anilines is 2. The molecule has 0 bridgehead atoms. The summed E-state index contributed by atoms with van der Waals surface area (Å²) < 4.78 is 18.5. The van der Waals surface area contributed by atoms with E-state index in [1.807, 2.05) is 0 Å². The highest BCUT2D eigenvalue weighted by molar-refractivity contribution is 7.98. The minimum absolute atomic E-state index is 0.0718. The zero-order valence-electron chi connectivity index (χ0n) is 11.2. The smallest absolute Gasteiger partial charge is 0.256 e. The highest BCUT2D eigenvalue weighted by Gasteiger charge is 2.09. The molecule has 0 unspecified atom stereocenters. The maximum atomic E-state index is 12.9. The van der Waals surface area contributed by atoms with Crippen LogP contribution in [0.4, 0.5) is 16.3 Å². The van der Waals surface area contributed by atoms with E-state index in [9.17, 15) is 4.39 Å². The first-order chi connectivity index (χ1) is 10.6. The number of halogens is 1. The van der Waals surface area contributed by atoms with Gasteiger partial charge in [0.1, 0.15) is 11.6 Å². The van der Waals surface area contributed by atoms with Gasteiger partial charge in [0.05, 0.1) is 11.9 Å². The average molecular weight is 318 g/mol. The lowest BCUT2D eigenvalue weighted by molar-refractivity contribution is 0.466. The second-order valence-corrected chi connectivity index (χ2v) is 5.18. The molecule has 3 aromatic rings. The fourth-order valence-electron chi connectivity index (χ4n) is 1.72. The molecule has 0 spiro atoms. The quantitative estimate of drug-likeness (QED) is 0.702. The molecular formula is C13H11FN6OS. The van der Waals surface area contributed by atoms with Crippen LogP contribution in [0, 0.1) is 5.82 Å². The number of nitrogen functional groups attached to an aromatic ring is 2. The highest BCUT2D eigenvalue weighted by Crippen LogP contribution is 2.27. The molecule has 3 rings (SSSR count). The van der Waals surface area contributed by atoms with Crippen LogP contribution >= 0.6 is 11.8 Å². The van der Waals surface area contributed by atoms with Gasteiger partial charge in [0, 0.05) is 5.56 Å². The summed E-state index contributed by atoms with van der Waals surface area (Å²) in [6.07, 6.45) is 1.58. The molecule has 0 aliphatic rings. The summed E-state index contributed by atoms with van der Waals surface area (Å²) >= 11 is 1.29. The second-order valence-electron chi connectivity index (χ2n) is 4.25. The SMILES string of the molecule is Nc1nc(N)nc(CSc2ncc(-c3ccc(F)cc3)o2)n1. The van der Waals surface area contributed by atoms with E-state index in [1.54, 1.807) is 18.3 Å². The van der Waals surface area contributed by atoms with Gasteiger partial charge in [-0.05, 0) is 24.3 Å². The number of benzene rings is 1. The van der Waals surface area contributed by atoms with Gasteiger partial charge in [-0.1, -0.05) is 11.8 Å². The van der Waals surface area contributed by atoms with Gasteiger partial charge >= 0.3 is 0 Å². The lowest BCUT2D eigenvalue weighted by Gasteiger charge is -2.00. The molecule has 0 saturated carbocycles. The first-order valence-corrected chi connectivity index (χ1v) is 7.19. The van der Waals surface area contributed by atoms with Gasteiger partial charge in [-0.2, -0.15) is 15.0 Å². The number of nitrogens with zero attached hydrogens (tertiary/aromatic N) is 4. The Morgan fingerprint density at radius 2 is 1.73 bits per heavy atom. The Labute approximate surface area is 129 Å². The minimum atomic E-state index is -0.303. The van der Waals surface area contributed by atoms with Gasteiger partial charge in [-0.3, -0.25) is 0 Å². The summed E-state index contributed by atoms with van der Waals surface area (Å²) in [5.74, 6) is 1.22. The summed E-state index contributed by atoms with van der Waals surface area (Å²) in [6, 6.07) is 5.97. The average Bonchev–Trinajstić information content (AvgIpc) is 2.94. The Hall–Kier alpha value is -2.68. The van der Waals surface area contributed by atoms with E-state index in [0.717, 1.165) is 5.56 Å². The summed E-state index contributed by atoms with van der Waals surface area (Å²) in [5, 5.41) is 0.442. The monoisotopic (exact) mass is 318 g/mol. The molecule has 4 N–H and O–H groups in total. The van der Waals surface area contributed by atoms with E-state index < -0.39 is 0 Å². The van der Waals surface area contributed by atoms with Gasteiger partial charge in [0.15, 0.2) is 5.76 Å². The Balaban J connectivity index is 1.70. The van der Waals surface area contributed by atoms with E-state index in [2.05, 4.69) is 19.9 Å². The van der Waals surface area contributed by atoms with Crippen molar-refractivity contribution in [3.05, 3.63) is 42.1 Å². The van der Waals surface area contributed by atoms with Crippen LogP contribution in [0.3, 0.4) is 0 Å². The molecule has 9 heteroatoms. The van der Waals surface area contributed by atoms with Crippen LogP contribution in [0.5, 0.6) is 0 Å². The first kappa shape index (κ1) is 14.3. The van der Waals surface area contributed by atoms with Crippen molar-refractivity contribution in [1.82, 2.24) is 19.9 Å². The molecule has 2 aromatic heterocycles. The van der Waals surface area contributed by atoms with E-state index >= 15 is 0 Å². The normalized spacial score (nSPS) is 10.8. The molecule has 2 heterocycles. The van der Waals surface area contributed by atoms with Crippen LogP contribution < -0.4 is 11.5 Å². The van der Waals surface area contributed by atoms with Crippen molar-refractivity contribution in [2.24, 2.45) is 0 Å². The Morgan fingerprint density at radius 1 is 1.05 bits per heavy atom. The molecule has 0 aliphatic heterocycles. The molecule has 112 valence electrons. The number of nitrogens with two attached hydrogens (primary N) is 2. The number of hydrogen-bond donors (Lipinski definition) is 2. The summed E-state index contributed by atoms with van der Waals surface area (Å²) in [6.45, 7) is 0. The summed E-state index contributed by atoms with van der Waals surface area (Å²) in [5.41, 5.74) is 11.7. The number of rotatable bonds is 4. The largest absolute Gasteiger partial charge is 0.431 e. The summed E-state index contributed by atoms with van der Waals surface area (Å²) in [4.78, 5) is 15.8. The lowest BCUT2D eigenvalue weighted by atomic mass is 10.2. The highest BCUT2D eigenvalue weighted by atomic mass is 32.2. The van der Waals surface area contributed by atoms with E-state index in [0.29, 0.717) is 22.6 Å². The van der Waals surface area contributed by atoms with E-state index in [1.165, 1.54) is 23.9 Å². The predicted molar refractivity (Wildman–Crippen MR) is 80.1 cm³/mol. The lowest BCUT2D eigenvalue weighted by Crippen LogP contribution is -2.05. The zero-order chi connectivity index (χ0) is 15.5. The van der Waals surface area contributed by atoms with Crippen molar-refractivity contribution in [2.45, 2.75) is 11.0 Å². The van der Waals surface area contributed by atoms with Crippen molar-refractivity contribution in [3.8, 4) is 11.3 Å². The molecule has 0 aliphatic carbocycles. The second kappa shape index (κ2) is 5.98. The molecule has 0 saturated heterocycles. The maximum absolute atomic E-state index is 12.9. The van der Waals surface area contributed by atoms with Gasteiger partial charge < -0.3 is 15.9 Å². The van der Waals surface area contributed by atoms with Gasteiger partial charge in [-0.25, -0.2) is 9.37 Å². The topological polar surface area (TPSA) is 117 Å². The fourth-order valence-corrected chi connectivity index (χ4v) is 2.38. The minimum Gasteiger partial charge on any atom is -0.431 e. The number of aromatic nitrogens is 4. The number of oxazole rings is 1. The van der Waals surface area contributed by atoms with Crippen molar-refractivity contribution in [3.63, 3.8) is 0 Å². The third-order valence-electron chi connectivity index (χ3n) is 2.65. The molecule has 1 aromatic carbocycles. The van der Waals surface area contributed by atoms with Crippen molar-refractivity contribution in [2.75, 3.05) is 11.5 Å². The van der Waals surface area contributed by atoms with Gasteiger partial charge in [-0.15, -0.1) is 0 Å². The first-order valence-electron chi connectivity index (χ1n) is 6.20. The fraction of sp³-hybridized carbons (Fsp3) is 0.0769. The van der Waals surface area contributed by atoms with Crippen molar-refractivity contribution >= 4 is 23.7 Å². The third kappa shape index (κ3) is 3.31. The van der Waals surface area contributed by atoms with E-state index in [-0.39, 0.29) is 17.7 Å². The number of thioether (sulfide) groups is 1. The molecule has 22 heavy (non-hydrogen) atoms. The van der Waals surface area contributed by atoms with Crippen molar-refractivity contribution in [1.29, 1.82) is 0 Å². The van der Waals surface area contributed by atoms with Crippen LogP contribution in [-0.4, -0.2) is 19.9 Å². The summed E-state index contributed by atoms with van der Waals surface area (Å²) in [7, 11) is 0. The predicted octanol–water partition coefficient (Wildman–Crippen LogP) is 2.12. The van der Waals surface area contributed by atoms with Crippen molar-refractivity contribution < 1.29 is 8.81 Å². The molecular weight excluding hydrogens is 307 g/mol. The van der Waals surface area contributed by atoms with Gasteiger partial charge in [0.2, 0.25) is 11.9 Å². The van der Waals surface area contributed by atoms with Crippen LogP contribution in [-0.2, 0) is 5.75 Å². The standard InChI is InChI=1S/C13H11FN6OS/c14-8-3-1-7(2-4-8)9-5-17-13(21-9)22-6-10-18-11(15)20-12(16)19-10/h1-5H,6H2,(H4,15,16,18,19,20). The Morgan fingerprint density at radius 3 is 2.41 bits per heavy atom. The van der Waals surface area contributed by atoms with Gasteiger partial charge in [0.25, 0.3) is 5.22 Å². The molecule has 0 fully saturated rings. The van der Waals surface area contributed by atoms with Crippen LogP contribution in [0.1, 0.15) is 5.82 Å². The van der Waals surface area contributed by atoms with Crippen LogP contribution in [0.2, 0.25) is 0 Å². The Bertz CT molecular complexity index is 771. The van der Waals surface area contributed by atoms with Crippen LogP contribution in [0.25, 0.3) is 11.3 Å². The Kier molecular flexibility index (Phi) is 3.88. The van der Waals surface area contributed by atoms with E-state index in [4.69, 9.17) is 15.9 Å². The zero-order valence-corrected chi connectivity index (χ0v) is 12.0. The maximum Gasteiger partial charge on any atom is 0.256 e. The molecule has 0 amide bonds. The molecule has 7 nitrogen and oxygen atoms in total. The molecule has 0 atom stereocenters.